The number of para-hydroxylation sites is 1. The molecule has 5 nitrogen and oxygen atoms in total. The summed E-state index contributed by atoms with van der Waals surface area (Å²) in [5.41, 5.74) is 2.48. The Labute approximate surface area is 93.3 Å². The maximum Gasteiger partial charge on any atom is 0.253 e. The Morgan fingerprint density at radius 3 is 2.38 bits per heavy atom. The quantitative estimate of drug-likeness (QED) is 0.645. The maximum atomic E-state index is 12.0. The van der Waals surface area contributed by atoms with Gasteiger partial charge in [-0.3, -0.25) is 4.79 Å². The number of nitrogens with zero attached hydrogens (tertiary/aromatic N) is 1. The van der Waals surface area contributed by atoms with Crippen molar-refractivity contribution in [1.29, 1.82) is 0 Å². The van der Waals surface area contributed by atoms with Crippen LogP contribution in [0.1, 0.15) is 0 Å². The third kappa shape index (κ3) is 1.59. The van der Waals surface area contributed by atoms with Gasteiger partial charge < -0.3 is 10.2 Å². The average molecular weight is 222 g/mol. The number of aliphatic hydroxyl groups is 2. The number of nitrogens with one attached hydrogen (secondary N) is 1. The fourth-order valence-electron chi connectivity index (χ4n) is 1.70. The van der Waals surface area contributed by atoms with Crippen molar-refractivity contribution in [1.82, 2.24) is 5.43 Å². The van der Waals surface area contributed by atoms with Gasteiger partial charge in [-0.2, -0.15) is 0 Å². The molecule has 5 heteroatoms. The van der Waals surface area contributed by atoms with Gasteiger partial charge >= 0.3 is 0 Å². The lowest BCUT2D eigenvalue weighted by Gasteiger charge is -2.21. The molecule has 1 saturated heterocycles. The third-order valence-corrected chi connectivity index (χ3v) is 2.85. The molecule has 1 aliphatic heterocycles. The van der Waals surface area contributed by atoms with Gasteiger partial charge in [0.25, 0.3) is 5.91 Å². The minimum absolute atomic E-state index is 0.244. The van der Waals surface area contributed by atoms with Crippen molar-refractivity contribution in [2.45, 2.75) is 0 Å². The molecule has 0 radical (unpaired) electrons. The first-order chi connectivity index (χ1) is 7.73. The summed E-state index contributed by atoms with van der Waals surface area (Å²) in [6, 6.07) is 9.07. The summed E-state index contributed by atoms with van der Waals surface area (Å²) in [5, 5.41) is 19.8. The zero-order valence-electron chi connectivity index (χ0n) is 8.76. The van der Waals surface area contributed by atoms with Crippen molar-refractivity contribution < 1.29 is 15.0 Å². The summed E-state index contributed by atoms with van der Waals surface area (Å²) in [5.74, 6) is -0.302. The van der Waals surface area contributed by atoms with Crippen LogP contribution in [0, 0.1) is 5.41 Å². The highest BCUT2D eigenvalue weighted by molar-refractivity contribution is 5.99. The van der Waals surface area contributed by atoms with Gasteiger partial charge in [0.1, 0.15) is 5.41 Å². The van der Waals surface area contributed by atoms with Gasteiger partial charge in [0.15, 0.2) is 0 Å². The van der Waals surface area contributed by atoms with Crippen LogP contribution in [-0.2, 0) is 4.79 Å². The van der Waals surface area contributed by atoms with Crippen LogP contribution in [0.15, 0.2) is 30.3 Å². The molecule has 1 heterocycles. The van der Waals surface area contributed by atoms with E-state index in [1.54, 1.807) is 12.1 Å². The van der Waals surface area contributed by atoms with E-state index in [-0.39, 0.29) is 25.7 Å². The second-order valence-electron chi connectivity index (χ2n) is 3.91. The van der Waals surface area contributed by atoms with Crippen molar-refractivity contribution in [3.05, 3.63) is 30.3 Å². The molecule has 0 unspecified atom stereocenters. The number of amides is 1. The van der Waals surface area contributed by atoms with Gasteiger partial charge in [0.05, 0.1) is 18.9 Å². The first-order valence-electron chi connectivity index (χ1n) is 5.08. The number of anilines is 1. The number of hydrazine groups is 1. The number of aliphatic hydroxyl groups excluding tert-OH is 2. The third-order valence-electron chi connectivity index (χ3n) is 2.85. The molecule has 1 fully saturated rings. The van der Waals surface area contributed by atoms with Gasteiger partial charge in [-0.1, -0.05) is 18.2 Å². The molecule has 1 aromatic rings. The first kappa shape index (κ1) is 11.1. The predicted molar refractivity (Wildman–Crippen MR) is 58.5 cm³/mol. The van der Waals surface area contributed by atoms with Gasteiger partial charge in [-0.25, -0.2) is 10.4 Å². The van der Waals surface area contributed by atoms with Crippen LogP contribution in [0.25, 0.3) is 0 Å². The van der Waals surface area contributed by atoms with E-state index in [1.165, 1.54) is 5.01 Å². The topological polar surface area (TPSA) is 72.8 Å². The zero-order chi connectivity index (χ0) is 11.6. The van der Waals surface area contributed by atoms with Crippen LogP contribution in [-0.4, -0.2) is 35.9 Å². The molecule has 3 N–H and O–H groups in total. The lowest BCUT2D eigenvalue weighted by molar-refractivity contribution is -0.129. The standard InChI is InChI=1S/C11H14N2O3/c14-7-11(8-15)6-12-13(10(11)16)9-4-2-1-3-5-9/h1-5,12,14-15H,6-8H2. The molecule has 0 atom stereocenters. The number of hydrogen-bond acceptors (Lipinski definition) is 4. The van der Waals surface area contributed by atoms with Crippen LogP contribution in [0.5, 0.6) is 0 Å². The molecule has 2 rings (SSSR count). The van der Waals surface area contributed by atoms with Crippen molar-refractivity contribution in [3.8, 4) is 0 Å². The monoisotopic (exact) mass is 222 g/mol. The minimum Gasteiger partial charge on any atom is -0.395 e. The molecule has 86 valence electrons. The number of hydrogen-bond donors (Lipinski definition) is 3. The number of rotatable bonds is 3. The molecule has 0 aromatic heterocycles. The van der Waals surface area contributed by atoms with Crippen molar-refractivity contribution in [2.24, 2.45) is 5.41 Å². The van der Waals surface area contributed by atoms with E-state index >= 15 is 0 Å². The minimum atomic E-state index is -1.10. The van der Waals surface area contributed by atoms with Gasteiger partial charge in [0.2, 0.25) is 0 Å². The molecule has 16 heavy (non-hydrogen) atoms. The second-order valence-corrected chi connectivity index (χ2v) is 3.91. The van der Waals surface area contributed by atoms with Crippen molar-refractivity contribution in [3.63, 3.8) is 0 Å². The number of carbonyl (C=O) groups is 1. The Morgan fingerprint density at radius 1 is 1.25 bits per heavy atom. The van der Waals surface area contributed by atoms with E-state index < -0.39 is 5.41 Å². The van der Waals surface area contributed by atoms with Crippen molar-refractivity contribution in [2.75, 3.05) is 24.8 Å². The highest BCUT2D eigenvalue weighted by Gasteiger charge is 2.46. The number of carbonyl (C=O) groups excluding carboxylic acids is 1. The largest absolute Gasteiger partial charge is 0.395 e. The Bertz CT molecular complexity index is 376. The normalized spacial score (nSPS) is 19.1. The van der Waals surface area contributed by atoms with Crippen LogP contribution >= 0.6 is 0 Å². The molecule has 0 bridgehead atoms. The van der Waals surface area contributed by atoms with Crippen LogP contribution < -0.4 is 10.4 Å². The van der Waals surface area contributed by atoms with E-state index in [2.05, 4.69) is 5.43 Å². The first-order valence-corrected chi connectivity index (χ1v) is 5.08. The summed E-state index contributed by atoms with van der Waals surface area (Å²) >= 11 is 0. The van der Waals surface area contributed by atoms with Gasteiger partial charge in [-0.05, 0) is 12.1 Å². The Morgan fingerprint density at radius 2 is 1.88 bits per heavy atom. The van der Waals surface area contributed by atoms with E-state index in [1.807, 2.05) is 18.2 Å². The molecular formula is C11H14N2O3. The molecule has 1 amide bonds. The SMILES string of the molecule is O=C1N(c2ccccc2)NCC1(CO)CO. The summed E-state index contributed by atoms with van der Waals surface area (Å²) in [4.78, 5) is 12.0. The molecule has 1 aromatic carbocycles. The lowest BCUT2D eigenvalue weighted by atomic mass is 9.90. The van der Waals surface area contributed by atoms with Crippen LogP contribution in [0.4, 0.5) is 5.69 Å². The smallest absolute Gasteiger partial charge is 0.253 e. The van der Waals surface area contributed by atoms with Gasteiger partial charge in [0, 0.05) is 6.54 Å². The van der Waals surface area contributed by atoms with Crippen LogP contribution in [0.3, 0.4) is 0 Å². The van der Waals surface area contributed by atoms with E-state index in [9.17, 15) is 15.0 Å². The average Bonchev–Trinajstić information content (AvgIpc) is 2.68. The summed E-state index contributed by atoms with van der Waals surface area (Å²) < 4.78 is 0. The van der Waals surface area contributed by atoms with E-state index in [0.29, 0.717) is 5.69 Å². The fraction of sp³-hybridized carbons (Fsp3) is 0.364. The highest BCUT2D eigenvalue weighted by atomic mass is 16.3. The van der Waals surface area contributed by atoms with Gasteiger partial charge in [-0.15, -0.1) is 0 Å². The van der Waals surface area contributed by atoms with Crippen molar-refractivity contribution >= 4 is 11.6 Å². The zero-order valence-corrected chi connectivity index (χ0v) is 8.76. The Hall–Kier alpha value is -1.43. The lowest BCUT2D eigenvalue weighted by Crippen LogP contribution is -2.41. The molecule has 0 spiro atoms. The second kappa shape index (κ2) is 4.21. The summed E-state index contributed by atoms with van der Waals surface area (Å²) in [6.45, 7) is -0.481. The molecule has 0 aliphatic carbocycles. The summed E-state index contributed by atoms with van der Waals surface area (Å²) in [7, 11) is 0. The highest BCUT2D eigenvalue weighted by Crippen LogP contribution is 2.27. The summed E-state index contributed by atoms with van der Waals surface area (Å²) in [6.07, 6.45) is 0. The molecule has 0 saturated carbocycles. The molecular weight excluding hydrogens is 208 g/mol. The van der Waals surface area contributed by atoms with Crippen LogP contribution in [0.2, 0.25) is 0 Å². The maximum absolute atomic E-state index is 12.0. The Kier molecular flexibility index (Phi) is 2.91. The number of benzene rings is 1. The predicted octanol–water partition coefficient (Wildman–Crippen LogP) is -0.491. The van der Waals surface area contributed by atoms with E-state index in [0.717, 1.165) is 0 Å². The molecule has 1 aliphatic rings. The Balaban J connectivity index is 2.26. The fourth-order valence-corrected chi connectivity index (χ4v) is 1.70. The van der Waals surface area contributed by atoms with E-state index in [4.69, 9.17) is 0 Å².